The summed E-state index contributed by atoms with van der Waals surface area (Å²) in [6, 6.07) is 21.3. The van der Waals surface area contributed by atoms with Crippen LogP contribution in [0.5, 0.6) is 0 Å². The quantitative estimate of drug-likeness (QED) is 0.262. The molecule has 1 heterocycles. The molecule has 0 radical (unpaired) electrons. The van der Waals surface area contributed by atoms with E-state index < -0.39 is 5.54 Å². The molecule has 0 saturated heterocycles. The average molecular weight is 528 g/mol. The van der Waals surface area contributed by atoms with Gasteiger partial charge in [-0.2, -0.15) is 0 Å². The molecule has 0 bridgehead atoms. The number of H-pyrrole nitrogens is 1. The lowest BCUT2D eigenvalue weighted by molar-refractivity contribution is -0.128. The first-order chi connectivity index (χ1) is 18.4. The Balaban J connectivity index is 1.55. The average Bonchev–Trinajstić information content (AvgIpc) is 3.34. The summed E-state index contributed by atoms with van der Waals surface area (Å²) in [5, 5.41) is 4.77. The Morgan fingerprint density at radius 2 is 1.61 bits per heavy atom. The van der Waals surface area contributed by atoms with Crippen molar-refractivity contribution in [1.29, 1.82) is 0 Å². The molecule has 1 saturated carbocycles. The van der Waals surface area contributed by atoms with E-state index in [2.05, 4.69) is 16.4 Å². The Bertz CT molecular complexity index is 1450. The van der Waals surface area contributed by atoms with Gasteiger partial charge in [0, 0.05) is 29.3 Å². The number of nitrogens with zero attached hydrogens (tertiary/aromatic N) is 1. The third-order valence-electron chi connectivity index (χ3n) is 7.97. The number of amides is 2. The van der Waals surface area contributed by atoms with Gasteiger partial charge in [-0.05, 0) is 68.0 Å². The maximum atomic E-state index is 14.3. The van der Waals surface area contributed by atoms with Crippen molar-refractivity contribution in [2.24, 2.45) is 0 Å². The van der Waals surface area contributed by atoms with Crippen LogP contribution in [0.4, 0.5) is 5.69 Å². The Morgan fingerprint density at radius 3 is 2.34 bits per heavy atom. The van der Waals surface area contributed by atoms with E-state index in [9.17, 15) is 9.59 Å². The first kappa shape index (κ1) is 26.1. The number of para-hydroxylation sites is 2. The highest BCUT2D eigenvalue weighted by Crippen LogP contribution is 2.38. The van der Waals surface area contributed by atoms with Crippen LogP contribution in [0.2, 0.25) is 5.02 Å². The van der Waals surface area contributed by atoms with Crippen molar-refractivity contribution >= 4 is 40.0 Å². The fourth-order valence-corrected chi connectivity index (χ4v) is 6.07. The summed E-state index contributed by atoms with van der Waals surface area (Å²) in [5.74, 6) is -0.317. The number of halogens is 1. The van der Waals surface area contributed by atoms with Crippen molar-refractivity contribution in [1.82, 2.24) is 9.88 Å². The van der Waals surface area contributed by atoms with Crippen molar-refractivity contribution in [3.8, 4) is 0 Å². The summed E-state index contributed by atoms with van der Waals surface area (Å²) < 4.78 is 0. The summed E-state index contributed by atoms with van der Waals surface area (Å²) in [5.41, 5.74) is 4.49. The topological polar surface area (TPSA) is 65.2 Å². The monoisotopic (exact) mass is 527 g/mol. The molecule has 0 spiro atoms. The highest BCUT2D eigenvalue weighted by molar-refractivity contribution is 6.33. The standard InChI is InChI=1S/C32H34ClN3O2/c1-22-11-10-12-23(2)29(22)35-31(38)32(18-8-3-9-19-32)36(30(37)26-14-4-6-15-27(26)33)20-17-24-21-34-28-16-7-5-13-25(24)28/h4-7,10-16,21,34H,3,8-9,17-20H2,1-2H3,(H,35,38). The predicted molar refractivity (Wildman–Crippen MR) is 155 cm³/mol. The Morgan fingerprint density at radius 1 is 0.921 bits per heavy atom. The van der Waals surface area contributed by atoms with Gasteiger partial charge in [-0.1, -0.05) is 79.4 Å². The molecule has 0 unspecified atom stereocenters. The molecule has 5 rings (SSSR count). The lowest BCUT2D eigenvalue weighted by Gasteiger charge is -2.45. The van der Waals surface area contributed by atoms with Gasteiger partial charge in [-0.3, -0.25) is 9.59 Å². The smallest absolute Gasteiger partial charge is 0.256 e. The highest BCUT2D eigenvalue weighted by Gasteiger charge is 2.47. The number of rotatable bonds is 7. The second-order valence-electron chi connectivity index (χ2n) is 10.4. The molecule has 0 aliphatic heterocycles. The number of aromatic nitrogens is 1. The Kier molecular flexibility index (Phi) is 7.57. The van der Waals surface area contributed by atoms with Crippen LogP contribution in [0.15, 0.2) is 72.9 Å². The van der Waals surface area contributed by atoms with E-state index in [1.165, 1.54) is 0 Å². The summed E-state index contributed by atoms with van der Waals surface area (Å²) in [7, 11) is 0. The number of anilines is 1. The van der Waals surface area contributed by atoms with Gasteiger partial charge in [0.2, 0.25) is 5.91 Å². The SMILES string of the molecule is Cc1cccc(C)c1NC(=O)C1(N(CCc2c[nH]c3ccccc23)C(=O)c2ccccc2Cl)CCCCC1. The van der Waals surface area contributed by atoms with Crippen LogP contribution in [0.25, 0.3) is 10.9 Å². The van der Waals surface area contributed by atoms with Crippen LogP contribution in [0.3, 0.4) is 0 Å². The second kappa shape index (κ2) is 11.0. The first-order valence-corrected chi connectivity index (χ1v) is 13.8. The van der Waals surface area contributed by atoms with Gasteiger partial charge in [0.05, 0.1) is 10.6 Å². The number of nitrogens with one attached hydrogen (secondary N) is 2. The number of aromatic amines is 1. The number of hydrogen-bond acceptors (Lipinski definition) is 2. The molecule has 6 heteroatoms. The van der Waals surface area contributed by atoms with E-state index in [0.29, 0.717) is 36.4 Å². The van der Waals surface area contributed by atoms with Crippen LogP contribution in [-0.4, -0.2) is 33.8 Å². The van der Waals surface area contributed by atoms with Crippen LogP contribution in [0.1, 0.15) is 59.2 Å². The molecule has 196 valence electrons. The fraction of sp³-hybridized carbons (Fsp3) is 0.312. The molecular formula is C32H34ClN3O2. The van der Waals surface area contributed by atoms with E-state index >= 15 is 0 Å². The number of aryl methyl sites for hydroxylation is 2. The molecule has 0 atom stereocenters. The van der Waals surface area contributed by atoms with E-state index in [0.717, 1.165) is 52.5 Å². The minimum atomic E-state index is -0.963. The van der Waals surface area contributed by atoms with Gasteiger partial charge in [-0.25, -0.2) is 0 Å². The number of benzene rings is 3. The van der Waals surface area contributed by atoms with Crippen LogP contribution >= 0.6 is 11.6 Å². The summed E-state index contributed by atoms with van der Waals surface area (Å²) in [6.07, 6.45) is 6.70. The fourth-order valence-electron chi connectivity index (χ4n) is 5.86. The zero-order chi connectivity index (χ0) is 26.7. The molecule has 1 fully saturated rings. The summed E-state index contributed by atoms with van der Waals surface area (Å²) in [4.78, 5) is 33.7. The maximum absolute atomic E-state index is 14.3. The van der Waals surface area contributed by atoms with Crippen LogP contribution in [-0.2, 0) is 11.2 Å². The molecule has 38 heavy (non-hydrogen) atoms. The van der Waals surface area contributed by atoms with Crippen LogP contribution < -0.4 is 5.32 Å². The molecule has 1 aliphatic carbocycles. The molecule has 2 amide bonds. The van der Waals surface area contributed by atoms with E-state index in [1.807, 2.05) is 73.5 Å². The number of fused-ring (bicyclic) bond motifs is 1. The minimum Gasteiger partial charge on any atom is -0.361 e. The normalized spacial score (nSPS) is 14.8. The third kappa shape index (κ3) is 4.95. The van der Waals surface area contributed by atoms with Gasteiger partial charge >= 0.3 is 0 Å². The van der Waals surface area contributed by atoms with Crippen LogP contribution in [0, 0.1) is 13.8 Å². The van der Waals surface area contributed by atoms with Gasteiger partial charge in [0.1, 0.15) is 5.54 Å². The Labute approximate surface area is 229 Å². The number of hydrogen-bond donors (Lipinski definition) is 2. The van der Waals surface area contributed by atoms with Crippen molar-refractivity contribution in [2.75, 3.05) is 11.9 Å². The van der Waals surface area contributed by atoms with Gasteiger partial charge in [0.15, 0.2) is 0 Å². The number of carbonyl (C=O) groups excluding carboxylic acids is 2. The van der Waals surface area contributed by atoms with Crippen molar-refractivity contribution < 1.29 is 9.59 Å². The molecule has 3 aromatic carbocycles. The highest BCUT2D eigenvalue weighted by atomic mass is 35.5. The van der Waals surface area contributed by atoms with E-state index in [1.54, 1.807) is 12.1 Å². The van der Waals surface area contributed by atoms with Crippen molar-refractivity contribution in [3.05, 3.63) is 100 Å². The van der Waals surface area contributed by atoms with E-state index in [4.69, 9.17) is 11.6 Å². The second-order valence-corrected chi connectivity index (χ2v) is 10.8. The van der Waals surface area contributed by atoms with Gasteiger partial charge < -0.3 is 15.2 Å². The summed E-state index contributed by atoms with van der Waals surface area (Å²) >= 11 is 6.52. The molecule has 4 aromatic rings. The summed E-state index contributed by atoms with van der Waals surface area (Å²) in [6.45, 7) is 4.41. The molecule has 1 aromatic heterocycles. The third-order valence-corrected chi connectivity index (χ3v) is 8.30. The van der Waals surface area contributed by atoms with Crippen molar-refractivity contribution in [3.63, 3.8) is 0 Å². The predicted octanol–water partition coefficient (Wildman–Crippen LogP) is 7.46. The molecule has 2 N–H and O–H groups in total. The van der Waals surface area contributed by atoms with Gasteiger partial charge in [-0.15, -0.1) is 0 Å². The molecule has 1 aliphatic rings. The largest absolute Gasteiger partial charge is 0.361 e. The zero-order valence-corrected chi connectivity index (χ0v) is 22.8. The Hall–Kier alpha value is -3.57. The lowest BCUT2D eigenvalue weighted by atomic mass is 9.78. The first-order valence-electron chi connectivity index (χ1n) is 13.4. The molecular weight excluding hydrogens is 494 g/mol. The van der Waals surface area contributed by atoms with E-state index in [-0.39, 0.29) is 11.8 Å². The molecule has 5 nitrogen and oxygen atoms in total. The van der Waals surface area contributed by atoms with Gasteiger partial charge in [0.25, 0.3) is 5.91 Å². The van der Waals surface area contributed by atoms with Crippen molar-refractivity contribution in [2.45, 2.75) is 57.9 Å². The zero-order valence-electron chi connectivity index (χ0n) is 22.0. The lowest BCUT2D eigenvalue weighted by Crippen LogP contribution is -2.60. The minimum absolute atomic E-state index is 0.117. The maximum Gasteiger partial charge on any atom is 0.256 e. The number of carbonyl (C=O) groups is 2.